The smallest absolute Gasteiger partial charge is 0.317 e. The molecule has 358 valence electrons. The number of aliphatic carboxylic acids is 1. The molecule has 0 saturated heterocycles. The molecule has 0 radical (unpaired) electrons. The molecular weight excluding hydrogens is 990 g/mol. The van der Waals surface area contributed by atoms with E-state index in [1.807, 2.05) is 9.88 Å². The molecule has 0 saturated carbocycles. The Labute approximate surface area is 396 Å². The number of anilines is 2. The molecule has 21 nitrogen and oxygen atoms in total. The van der Waals surface area contributed by atoms with Gasteiger partial charge in [-0.1, -0.05) is 49.0 Å². The maximum atomic E-state index is 14.5. The van der Waals surface area contributed by atoms with E-state index in [-0.39, 0.29) is 63.4 Å². The van der Waals surface area contributed by atoms with Gasteiger partial charge in [0.25, 0.3) is 26.9 Å². The summed E-state index contributed by atoms with van der Waals surface area (Å²) in [7, 11) is -5.08. The van der Waals surface area contributed by atoms with E-state index >= 15 is 0 Å². The fourth-order valence-electron chi connectivity index (χ4n) is 5.65. The predicted octanol–water partition coefficient (Wildman–Crippen LogP) is 3.47. The highest BCUT2D eigenvalue weighted by Crippen LogP contribution is 2.38. The number of carbonyl (C=O) groups excluding carboxylic acids is 1. The van der Waals surface area contributed by atoms with Gasteiger partial charge in [0.05, 0.1) is 79.8 Å². The normalized spacial score (nSPS) is 14.8. The number of sulfonamides is 1. The quantitative estimate of drug-likeness (QED) is 0.0838. The van der Waals surface area contributed by atoms with Crippen molar-refractivity contribution in [2.24, 2.45) is 10.4 Å². The topological polar surface area (TPSA) is 277 Å². The average Bonchev–Trinajstić information content (AvgIpc) is 3.91. The number of aromatic nitrogens is 6. The predicted molar refractivity (Wildman–Crippen MR) is 247 cm³/mol. The number of terminal acetylenes is 1. The molecule has 7 rings (SSSR count). The first-order valence-corrected chi connectivity index (χ1v) is 26.1. The number of carboxylic acid groups (broad SMARTS) is 1. The zero-order valence-electron chi connectivity index (χ0n) is 36.7. The monoisotopic (exact) mass is 1030 g/mol. The third-order valence-electron chi connectivity index (χ3n) is 8.44. The van der Waals surface area contributed by atoms with E-state index in [0.717, 1.165) is 23.3 Å². The fraction of sp³-hybridized carbons (Fsp3) is 0.395. The summed E-state index contributed by atoms with van der Waals surface area (Å²) in [5.74, 6) is 2.14. The van der Waals surface area contributed by atoms with Gasteiger partial charge in [0.15, 0.2) is 12.4 Å². The number of hydrogen-bond donors (Lipinski definition) is 4. The summed E-state index contributed by atoms with van der Waals surface area (Å²) in [6, 6.07) is 7.41. The Morgan fingerprint density at radius 1 is 1.20 bits per heavy atom. The molecule has 0 fully saturated rings. The Morgan fingerprint density at radius 3 is 2.48 bits per heavy atom. The van der Waals surface area contributed by atoms with Crippen molar-refractivity contribution in [2.75, 3.05) is 68.6 Å². The lowest BCUT2D eigenvalue weighted by atomic mass is 9.92. The minimum atomic E-state index is -4.35. The molecule has 1 amide bonds. The Bertz CT molecular complexity index is 2860. The van der Waals surface area contributed by atoms with Crippen molar-refractivity contribution >= 4 is 98.0 Å². The van der Waals surface area contributed by atoms with Crippen LogP contribution >= 0.6 is 42.3 Å². The van der Waals surface area contributed by atoms with Crippen molar-refractivity contribution in [3.05, 3.63) is 62.4 Å². The van der Waals surface area contributed by atoms with Gasteiger partial charge >= 0.3 is 5.97 Å². The summed E-state index contributed by atoms with van der Waals surface area (Å²) in [5.41, 5.74) is 1.38. The number of amides is 1. The van der Waals surface area contributed by atoms with Crippen molar-refractivity contribution in [1.29, 1.82) is 0 Å². The fourth-order valence-corrected chi connectivity index (χ4v) is 8.34. The highest BCUT2D eigenvalue weighted by atomic mass is 35.5. The molecule has 1 unspecified atom stereocenters. The number of hydrogen-bond acceptors (Lipinski definition) is 16. The van der Waals surface area contributed by atoms with Crippen LogP contribution < -0.4 is 38.8 Å². The molecule has 5 aromatic rings. The second-order valence-corrected chi connectivity index (χ2v) is 22.2. The minimum absolute atomic E-state index is 0.0111. The van der Waals surface area contributed by atoms with E-state index < -0.39 is 47.4 Å². The number of fused-ring (bicyclic) bond motifs is 3. The lowest BCUT2D eigenvalue weighted by Crippen LogP contribution is -2.39. The first-order valence-electron chi connectivity index (χ1n) is 18.9. The van der Waals surface area contributed by atoms with Crippen LogP contribution in [0.5, 0.6) is 17.5 Å². The SMILES string of the molecule is C#CCN1C(=O)COc2cc(F)c(/N=c3\snc4n3CC(C)(C)C4)cc21.COc1cc(OC)n2nc(S(=O)(=O)Nc3c(Cl)ccc(C)c3Cl)nc2n1.C[S+](C)C.O=C(O)CNCP(=O)([O-])O. The molecule has 2 aliphatic heterocycles. The Balaban J connectivity index is 0.000000226. The van der Waals surface area contributed by atoms with Crippen LogP contribution in [0.4, 0.5) is 21.5 Å². The summed E-state index contributed by atoms with van der Waals surface area (Å²) in [6.45, 7) is 6.30. The van der Waals surface area contributed by atoms with Crippen molar-refractivity contribution in [2.45, 2.75) is 38.9 Å². The Morgan fingerprint density at radius 2 is 1.88 bits per heavy atom. The molecule has 4 N–H and O–H groups in total. The summed E-state index contributed by atoms with van der Waals surface area (Å²) < 4.78 is 75.2. The molecule has 2 aliphatic rings. The van der Waals surface area contributed by atoms with E-state index in [9.17, 15) is 31.9 Å². The highest BCUT2D eigenvalue weighted by Gasteiger charge is 2.32. The first-order chi connectivity index (χ1) is 30.8. The van der Waals surface area contributed by atoms with E-state index in [0.29, 0.717) is 32.7 Å². The van der Waals surface area contributed by atoms with Crippen molar-refractivity contribution in [1.82, 2.24) is 33.8 Å². The van der Waals surface area contributed by atoms with Crippen LogP contribution in [0.15, 0.2) is 40.5 Å². The number of halogens is 3. The number of rotatable bonds is 11. The molecule has 5 heterocycles. The van der Waals surface area contributed by atoms with Crippen molar-refractivity contribution in [3.8, 4) is 29.9 Å². The summed E-state index contributed by atoms with van der Waals surface area (Å²) in [5, 5.41) is 13.7. The largest absolute Gasteiger partial charge is 0.778 e. The van der Waals surface area contributed by atoms with Gasteiger partial charge < -0.3 is 38.2 Å². The third-order valence-corrected chi connectivity index (χ3v) is 11.8. The Hall–Kier alpha value is -5.03. The number of benzene rings is 2. The zero-order chi connectivity index (χ0) is 49.3. The zero-order valence-corrected chi connectivity index (χ0v) is 41.5. The molecule has 0 bridgehead atoms. The van der Waals surface area contributed by atoms with Crippen LogP contribution in [0.1, 0.15) is 25.2 Å². The molecule has 28 heteroatoms. The van der Waals surface area contributed by atoms with Gasteiger partial charge in [0, 0.05) is 30.6 Å². The number of carbonyl (C=O) groups is 2. The Kier molecular flexibility index (Phi) is 18.4. The summed E-state index contributed by atoms with van der Waals surface area (Å²) in [4.78, 5) is 54.3. The van der Waals surface area contributed by atoms with Crippen LogP contribution in [0.25, 0.3) is 5.78 Å². The standard InChI is InChI=1S/C18H17FN4O2S.C14H13Cl2N5O4S.C3H8NO5P.C3H9S/c1-4-5-22-13-7-12(11(19)6-14(13)25-9-16(22)24)20-17-23-10-18(2,3)8-15(23)21-26-17;1-7-4-5-8(15)12(11(7)16)20-26(22,23)14-18-13-17-9(24-2)6-10(25-3)21(13)19-14;5-3(6)1-4-2-10(7,8)9;1-4(2)3/h1,6-7H,5,8-10H2,2-3H3;4-6,20H,1-3H3;4H,1-2H2,(H,5,6)(H2,7,8,9);1-3H3/q;;;+1/p-1/b20-17-;;;. The molecule has 0 aliphatic carbocycles. The molecule has 2 aromatic carbocycles. The molecular formula is C38H46Cl2FN10O11PS3. The lowest BCUT2D eigenvalue weighted by Gasteiger charge is -2.28. The van der Waals surface area contributed by atoms with Crippen LogP contribution in [0, 0.1) is 30.5 Å². The number of nitrogens with one attached hydrogen (secondary N) is 2. The van der Waals surface area contributed by atoms with Gasteiger partial charge in [0.1, 0.15) is 24.9 Å². The molecule has 66 heavy (non-hydrogen) atoms. The van der Waals surface area contributed by atoms with Gasteiger partial charge in [-0.05, 0) is 40.9 Å². The van der Waals surface area contributed by atoms with Crippen LogP contribution in [0.3, 0.4) is 0 Å². The molecule has 1 atom stereocenters. The maximum absolute atomic E-state index is 14.5. The number of methoxy groups -OCH3 is 2. The van der Waals surface area contributed by atoms with E-state index in [2.05, 4.69) is 67.7 Å². The van der Waals surface area contributed by atoms with Crippen LogP contribution in [0.2, 0.25) is 10.0 Å². The van der Waals surface area contributed by atoms with Crippen molar-refractivity contribution < 1.29 is 56.1 Å². The van der Waals surface area contributed by atoms with Crippen molar-refractivity contribution in [3.63, 3.8) is 0 Å². The van der Waals surface area contributed by atoms with Crippen LogP contribution in [-0.4, -0.2) is 118 Å². The highest BCUT2D eigenvalue weighted by molar-refractivity contribution is 7.94. The van der Waals surface area contributed by atoms with Gasteiger partial charge in [-0.3, -0.25) is 24.5 Å². The molecule has 0 spiro atoms. The van der Waals surface area contributed by atoms with Gasteiger partial charge in [-0.15, -0.1) is 11.5 Å². The van der Waals surface area contributed by atoms with Gasteiger partial charge in [-0.2, -0.15) is 27.3 Å². The average molecular weight is 1040 g/mol. The molecule has 3 aromatic heterocycles. The van der Waals surface area contributed by atoms with Gasteiger partial charge in [-0.25, -0.2) is 9.38 Å². The van der Waals surface area contributed by atoms with Crippen LogP contribution in [-0.2, 0) is 48.0 Å². The second-order valence-electron chi connectivity index (χ2n) is 15.1. The number of carboxylic acids is 1. The minimum Gasteiger partial charge on any atom is -0.778 e. The van der Waals surface area contributed by atoms with E-state index in [4.69, 9.17) is 53.8 Å². The lowest BCUT2D eigenvalue weighted by molar-refractivity contribution is -0.193. The van der Waals surface area contributed by atoms with E-state index in [1.165, 1.54) is 54.9 Å². The second kappa shape index (κ2) is 22.6. The third kappa shape index (κ3) is 14.5. The number of aryl methyl sites for hydroxylation is 1. The van der Waals surface area contributed by atoms with Gasteiger partial charge in [0.2, 0.25) is 16.6 Å². The number of nitrogens with zero attached hydrogens (tertiary/aromatic N) is 8. The first kappa shape index (κ1) is 53.6. The summed E-state index contributed by atoms with van der Waals surface area (Å²) in [6.07, 6.45) is 12.1. The summed E-state index contributed by atoms with van der Waals surface area (Å²) >= 11 is 13.4. The maximum Gasteiger partial charge on any atom is 0.317 e. The van der Waals surface area contributed by atoms with E-state index in [1.54, 1.807) is 13.0 Å². The number of ether oxygens (including phenoxy) is 3.